The van der Waals surface area contributed by atoms with Crippen LogP contribution >= 0.6 is 0 Å². The molecule has 0 spiro atoms. The Balaban J connectivity index is 0. The van der Waals surface area contributed by atoms with E-state index in [1.54, 1.807) is 0 Å². The van der Waals surface area contributed by atoms with Gasteiger partial charge in [0.2, 0.25) is 0 Å². The zero-order chi connectivity index (χ0) is 0. The first-order chi connectivity index (χ1) is 0. The van der Waals surface area contributed by atoms with E-state index in [4.69, 9.17) is 0 Å². The largest absolute Gasteiger partial charge is 2.00 e. The van der Waals surface area contributed by atoms with Gasteiger partial charge in [-0.05, 0) is 0 Å². The average Bonchev–Trinajstić information content (AvgIpc) is 0. The van der Waals surface area contributed by atoms with E-state index in [2.05, 4.69) is 0 Å². The first kappa shape index (κ1) is 37.5. The third-order valence-corrected chi connectivity index (χ3v) is 0. The van der Waals surface area contributed by atoms with Crippen LogP contribution in [0, 0.1) is 80.8 Å². The first-order valence-corrected chi connectivity index (χ1v) is 0. The van der Waals surface area contributed by atoms with Gasteiger partial charge >= 0.3 is 0 Å². The van der Waals surface area contributed by atoms with Crippen LogP contribution in [0.2, 0.25) is 0 Å². The molecule has 0 aliphatic heterocycles. The molecule has 0 aromatic rings. The second kappa shape index (κ2) is 25.2. The SMILES string of the molecule is [Pm].[Pm].[S-2].[S-2].[S-2]. The Bertz CT molecular complexity index is 4.85. The van der Waals surface area contributed by atoms with Gasteiger partial charge in [-0.1, -0.05) is 0 Å². The van der Waals surface area contributed by atoms with E-state index < -0.39 is 0 Å². The average molecular weight is 386 g/mol. The van der Waals surface area contributed by atoms with Crippen molar-refractivity contribution in [3.05, 3.63) is 0 Å². The van der Waals surface area contributed by atoms with Crippen LogP contribution in [0.4, 0.5) is 0 Å². The molecule has 0 fully saturated rings. The second-order valence-corrected chi connectivity index (χ2v) is 0. The Morgan fingerprint density at radius 2 is 0.400 bits per heavy atom. The Hall–Kier alpha value is 3.73. The minimum Gasteiger partial charge on any atom is -2.00 e. The molecule has 0 heterocycles. The molecule has 0 unspecified atom stereocenters. The molecule has 0 atom stereocenters. The number of hydrogen-bond acceptors (Lipinski definition) is 0. The van der Waals surface area contributed by atoms with E-state index in [1.165, 1.54) is 0 Å². The maximum absolute atomic E-state index is 0. The van der Waals surface area contributed by atoms with Gasteiger partial charge in [0.1, 0.15) is 0 Å². The van der Waals surface area contributed by atoms with Gasteiger partial charge in [0, 0.05) is 80.8 Å². The molecule has 0 amide bonds. The summed E-state index contributed by atoms with van der Waals surface area (Å²) in [5.74, 6) is 0. The number of hydrogen-bond donors (Lipinski definition) is 0. The number of rotatable bonds is 0. The van der Waals surface area contributed by atoms with Crippen LogP contribution in [0.5, 0.6) is 0 Å². The van der Waals surface area contributed by atoms with E-state index in [0.717, 1.165) is 0 Å². The summed E-state index contributed by atoms with van der Waals surface area (Å²) in [5, 5.41) is 0. The Morgan fingerprint density at radius 3 is 0.400 bits per heavy atom. The van der Waals surface area contributed by atoms with Crippen molar-refractivity contribution >= 4 is 40.5 Å². The van der Waals surface area contributed by atoms with Gasteiger partial charge in [0.05, 0.1) is 0 Å². The molecule has 0 bridgehead atoms. The Morgan fingerprint density at radius 1 is 0.400 bits per heavy atom. The molecule has 0 saturated carbocycles. The third-order valence-electron chi connectivity index (χ3n) is 0. The molecule has 0 saturated heterocycles. The van der Waals surface area contributed by atoms with Crippen molar-refractivity contribution in [2.24, 2.45) is 0 Å². The molecule has 0 N–H and O–H groups in total. The van der Waals surface area contributed by atoms with E-state index in [1.807, 2.05) is 0 Å². The van der Waals surface area contributed by atoms with Gasteiger partial charge in [-0.3, -0.25) is 0 Å². The van der Waals surface area contributed by atoms with Crippen LogP contribution in [-0.4, -0.2) is 0 Å². The van der Waals surface area contributed by atoms with Crippen molar-refractivity contribution in [3.8, 4) is 0 Å². The molecule has 34 valence electrons. The van der Waals surface area contributed by atoms with Gasteiger partial charge in [-0.2, -0.15) is 0 Å². The van der Waals surface area contributed by atoms with Crippen LogP contribution in [0.1, 0.15) is 0 Å². The quantitative estimate of drug-likeness (QED) is 0.550. The molecule has 0 aromatic heterocycles. The summed E-state index contributed by atoms with van der Waals surface area (Å²) in [6, 6.07) is 0. The van der Waals surface area contributed by atoms with E-state index in [9.17, 15) is 0 Å². The molecule has 0 rings (SSSR count). The molecule has 5 heteroatoms. The molecule has 0 aromatic carbocycles. The molecule has 0 aliphatic rings. The van der Waals surface area contributed by atoms with Crippen LogP contribution in [0.15, 0.2) is 0 Å². The third kappa shape index (κ3) is 18.2. The maximum atomic E-state index is 0. The van der Waals surface area contributed by atoms with Gasteiger partial charge in [-0.25, -0.2) is 0 Å². The standard InChI is InChI=1S/2Pm.3S/q;;3*-2. The summed E-state index contributed by atoms with van der Waals surface area (Å²) >= 11 is 0. The molecule has 5 heavy (non-hydrogen) atoms. The molecule has 0 nitrogen and oxygen atoms in total. The Labute approximate surface area is 118 Å². The predicted octanol–water partition coefficient (Wildman–Crippen LogP) is -0.00720. The minimum atomic E-state index is 0. The summed E-state index contributed by atoms with van der Waals surface area (Å²) in [6.45, 7) is 0. The topological polar surface area (TPSA) is 0 Å². The van der Waals surface area contributed by atoms with Crippen molar-refractivity contribution in [1.82, 2.24) is 0 Å². The Kier molecular flexibility index (Phi) is 189. The van der Waals surface area contributed by atoms with Crippen LogP contribution in [0.25, 0.3) is 0 Å². The van der Waals surface area contributed by atoms with Gasteiger partial charge in [-0.15, -0.1) is 0 Å². The van der Waals surface area contributed by atoms with Gasteiger partial charge in [0.25, 0.3) is 0 Å². The van der Waals surface area contributed by atoms with Crippen molar-refractivity contribution in [2.45, 2.75) is 0 Å². The predicted molar refractivity (Wildman–Crippen MR) is 22.1 cm³/mol. The second-order valence-electron chi connectivity index (χ2n) is 0. The fourth-order valence-electron chi connectivity index (χ4n) is 0. The summed E-state index contributed by atoms with van der Waals surface area (Å²) in [5.41, 5.74) is 0. The summed E-state index contributed by atoms with van der Waals surface area (Å²) < 4.78 is 0. The summed E-state index contributed by atoms with van der Waals surface area (Å²) in [7, 11) is 0. The van der Waals surface area contributed by atoms with Crippen LogP contribution in [0.3, 0.4) is 0 Å². The van der Waals surface area contributed by atoms with Crippen LogP contribution in [-0.2, 0) is 40.5 Å². The van der Waals surface area contributed by atoms with Crippen molar-refractivity contribution in [1.29, 1.82) is 0 Å². The summed E-state index contributed by atoms with van der Waals surface area (Å²) in [6.07, 6.45) is 0. The first-order valence-electron chi connectivity index (χ1n) is 0. The zero-order valence-corrected chi connectivity index (χ0v) is 10.3. The fraction of sp³-hybridized carbons (Fsp3) is 0. The van der Waals surface area contributed by atoms with Crippen molar-refractivity contribution in [2.75, 3.05) is 0 Å². The minimum absolute atomic E-state index is 0. The van der Waals surface area contributed by atoms with E-state index >= 15 is 0 Å². The molecule has 0 aliphatic carbocycles. The van der Waals surface area contributed by atoms with Crippen molar-refractivity contribution < 1.29 is 80.8 Å². The normalized spacial score (nSPS) is 0. The molecular weight excluding hydrogens is 386 g/mol. The maximum Gasteiger partial charge on any atom is 0 e. The monoisotopic (exact) mass is 386 g/mol. The molecule has 2 radical (unpaired) electrons. The van der Waals surface area contributed by atoms with Gasteiger partial charge in [0.15, 0.2) is 0 Å². The van der Waals surface area contributed by atoms with E-state index in [0.29, 0.717) is 0 Å². The van der Waals surface area contributed by atoms with Gasteiger partial charge < -0.3 is 40.5 Å². The van der Waals surface area contributed by atoms with Crippen LogP contribution < -0.4 is 0 Å². The zero-order valence-electron chi connectivity index (χ0n) is 2.12. The van der Waals surface area contributed by atoms with Crippen molar-refractivity contribution in [3.63, 3.8) is 0 Å². The van der Waals surface area contributed by atoms with E-state index in [-0.39, 0.29) is 121 Å². The molecular formula is Pm2S3-6. The smallest absolute Gasteiger partial charge is 0 e. The fourth-order valence-corrected chi connectivity index (χ4v) is 0. The summed E-state index contributed by atoms with van der Waals surface area (Å²) in [4.78, 5) is 0.